The molecule has 1 unspecified atom stereocenters. The first-order chi connectivity index (χ1) is 11.2. The van der Waals surface area contributed by atoms with Crippen molar-refractivity contribution in [1.82, 2.24) is 0 Å². The van der Waals surface area contributed by atoms with Gasteiger partial charge in [-0.1, -0.05) is 0 Å². The van der Waals surface area contributed by atoms with Gasteiger partial charge in [0.1, 0.15) is 17.3 Å². The third kappa shape index (κ3) is 3.39. The zero-order chi connectivity index (χ0) is 18.6. The lowest BCUT2D eigenvalue weighted by Gasteiger charge is -2.13. The van der Waals surface area contributed by atoms with Gasteiger partial charge in [-0.25, -0.2) is 8.78 Å². The molecule has 0 aromatic heterocycles. The number of nitro groups is 1. The van der Waals surface area contributed by atoms with Crippen molar-refractivity contribution in [3.63, 3.8) is 0 Å². The van der Waals surface area contributed by atoms with Gasteiger partial charge in [0.15, 0.2) is 11.6 Å². The molecule has 0 amide bonds. The van der Waals surface area contributed by atoms with Crippen LogP contribution in [0.1, 0.15) is 15.9 Å². The number of carbonyl (C=O) groups excluding carboxylic acids is 2. The van der Waals surface area contributed by atoms with Gasteiger partial charge in [0.05, 0.1) is 18.6 Å². The van der Waals surface area contributed by atoms with Crippen molar-refractivity contribution in [3.8, 4) is 0 Å². The number of Topliss-reactive ketones (excluding diaryl/α,β-unsaturated/α-hetero) is 1. The number of esters is 1. The van der Waals surface area contributed by atoms with Gasteiger partial charge in [-0.3, -0.25) is 19.7 Å². The Hall–Kier alpha value is -2.85. The number of methoxy groups -OCH3 is 1. The molecule has 0 aliphatic carbocycles. The fourth-order valence-electron chi connectivity index (χ4n) is 1.91. The molecule has 0 saturated carbocycles. The minimum absolute atomic E-state index is 0.601. The van der Waals surface area contributed by atoms with Gasteiger partial charge in [-0.05, 0) is 6.92 Å². The molecule has 0 fully saturated rings. The maximum absolute atomic E-state index is 14.2. The number of ketones is 1. The summed E-state index contributed by atoms with van der Waals surface area (Å²) in [6, 6.07) is 0. The van der Waals surface area contributed by atoms with Crippen LogP contribution in [-0.2, 0) is 9.53 Å². The van der Waals surface area contributed by atoms with Crippen LogP contribution in [0.3, 0.4) is 0 Å². The van der Waals surface area contributed by atoms with Crippen molar-refractivity contribution in [1.29, 1.82) is 0 Å². The van der Waals surface area contributed by atoms with E-state index in [4.69, 9.17) is 0 Å². The molecule has 0 aliphatic heterocycles. The molecule has 1 rings (SSSR count). The third-order valence-electron chi connectivity index (χ3n) is 3.15. The van der Waals surface area contributed by atoms with Gasteiger partial charge in [0, 0.05) is 12.6 Å². The van der Waals surface area contributed by atoms with Gasteiger partial charge < -0.3 is 4.74 Å². The van der Waals surface area contributed by atoms with Gasteiger partial charge in [0.2, 0.25) is 5.82 Å². The Morgan fingerprint density at radius 1 is 1.25 bits per heavy atom. The minimum Gasteiger partial charge on any atom is -0.468 e. The largest absolute Gasteiger partial charge is 0.468 e. The lowest BCUT2D eigenvalue weighted by molar-refractivity contribution is -0.388. The molecule has 24 heavy (non-hydrogen) atoms. The number of carbonyl (C=O) groups is 2. The van der Waals surface area contributed by atoms with E-state index >= 15 is 0 Å². The Kier molecular flexibility index (Phi) is 6.09. The molecule has 1 atom stereocenters. The summed E-state index contributed by atoms with van der Waals surface area (Å²) in [6.07, 6.45) is 0. The van der Waals surface area contributed by atoms with Gasteiger partial charge in [0.25, 0.3) is 0 Å². The van der Waals surface area contributed by atoms with E-state index in [1.165, 1.54) is 7.05 Å². The van der Waals surface area contributed by atoms with E-state index in [9.17, 15) is 32.9 Å². The average molecular weight is 347 g/mol. The first-order valence-electron chi connectivity index (χ1n) is 6.38. The molecule has 0 aliphatic rings. The van der Waals surface area contributed by atoms with Crippen LogP contribution in [-0.4, -0.2) is 37.4 Å². The highest BCUT2D eigenvalue weighted by Crippen LogP contribution is 2.32. The second kappa shape index (κ2) is 7.62. The fraction of sp³-hybridized carbons (Fsp3) is 0.385. The van der Waals surface area contributed by atoms with E-state index in [-0.39, 0.29) is 0 Å². The number of rotatable bonds is 6. The molecule has 130 valence electrons. The summed E-state index contributed by atoms with van der Waals surface area (Å²) in [7, 11) is 2.15. The predicted octanol–water partition coefficient (Wildman–Crippen LogP) is 2.37. The summed E-state index contributed by atoms with van der Waals surface area (Å²) in [5, 5.41) is 17.7. The Morgan fingerprint density at radius 2 is 1.83 bits per heavy atom. The van der Waals surface area contributed by atoms with Gasteiger partial charge >= 0.3 is 11.7 Å². The monoisotopic (exact) mass is 347 g/mol. The number of nitrogens with zero attached hydrogens (tertiary/aromatic N) is 3. The lowest BCUT2D eigenvalue weighted by atomic mass is 9.94. The molecular weight excluding hydrogens is 335 g/mol. The molecule has 8 nitrogen and oxygen atoms in total. The minimum atomic E-state index is -2.00. The quantitative estimate of drug-likeness (QED) is 0.149. The van der Waals surface area contributed by atoms with Crippen LogP contribution in [0.5, 0.6) is 0 Å². The van der Waals surface area contributed by atoms with Crippen LogP contribution in [0.25, 0.3) is 0 Å². The smallest absolute Gasteiger partial charge is 0.321 e. The van der Waals surface area contributed by atoms with Gasteiger partial charge in [-0.2, -0.15) is 14.6 Å². The first kappa shape index (κ1) is 19.2. The molecule has 1 aromatic carbocycles. The lowest BCUT2D eigenvalue weighted by Crippen LogP contribution is -2.30. The number of hydrogen-bond acceptors (Lipinski definition) is 7. The topological polar surface area (TPSA) is 111 Å². The molecule has 11 heteroatoms. The highest BCUT2D eigenvalue weighted by Gasteiger charge is 2.40. The average Bonchev–Trinajstić information content (AvgIpc) is 2.55. The summed E-state index contributed by atoms with van der Waals surface area (Å²) in [5.41, 5.74) is -3.97. The number of azo groups is 1. The van der Waals surface area contributed by atoms with E-state index in [0.29, 0.717) is 0 Å². The molecule has 0 spiro atoms. The van der Waals surface area contributed by atoms with E-state index in [1.54, 1.807) is 0 Å². The number of benzene rings is 1. The molecule has 0 bridgehead atoms. The van der Waals surface area contributed by atoms with Crippen LogP contribution < -0.4 is 0 Å². The van der Waals surface area contributed by atoms with Crippen molar-refractivity contribution in [3.05, 3.63) is 38.7 Å². The van der Waals surface area contributed by atoms with E-state index < -0.39 is 63.4 Å². The molecule has 0 N–H and O–H groups in total. The van der Waals surface area contributed by atoms with Crippen molar-refractivity contribution in [2.24, 2.45) is 16.1 Å². The van der Waals surface area contributed by atoms with Gasteiger partial charge in [-0.15, -0.1) is 0 Å². The number of hydrogen-bond donors (Lipinski definition) is 0. The second-order valence-electron chi connectivity index (χ2n) is 4.51. The van der Waals surface area contributed by atoms with Crippen molar-refractivity contribution < 1.29 is 32.4 Å². The standard InChI is InChI=1S/C13H12F3N3O5/c1-5-8(14)7(11(19(22)23)10(16)9(5)15)12(20)6(4-18-17-2)13(21)24-3/h6H,4H2,1-3H3. The Labute approximate surface area is 133 Å². The Balaban J connectivity index is 3.66. The number of ether oxygens (including phenoxy) is 1. The molecule has 0 radical (unpaired) electrons. The van der Waals surface area contributed by atoms with Crippen molar-refractivity contribution in [2.75, 3.05) is 20.7 Å². The SMILES string of the molecule is CN=NCC(C(=O)OC)C(=O)c1c(F)c(C)c(F)c(F)c1[N+](=O)[O-]. The fourth-order valence-corrected chi connectivity index (χ4v) is 1.91. The maximum atomic E-state index is 14.2. The van der Waals surface area contributed by atoms with E-state index in [1.807, 2.05) is 0 Å². The molecule has 1 aromatic rings. The Bertz CT molecular complexity index is 736. The third-order valence-corrected chi connectivity index (χ3v) is 3.15. The summed E-state index contributed by atoms with van der Waals surface area (Å²) < 4.78 is 45.9. The molecule has 0 saturated heterocycles. The van der Waals surface area contributed by atoms with Crippen LogP contribution in [0, 0.1) is 40.4 Å². The van der Waals surface area contributed by atoms with Crippen LogP contribution in [0.15, 0.2) is 10.2 Å². The van der Waals surface area contributed by atoms with Crippen LogP contribution >= 0.6 is 0 Å². The normalized spacial score (nSPS) is 12.2. The summed E-state index contributed by atoms with van der Waals surface area (Å²) in [6.45, 7) is 0.198. The van der Waals surface area contributed by atoms with Crippen LogP contribution in [0.2, 0.25) is 0 Å². The molecule has 0 heterocycles. The molecular formula is C13H12F3N3O5. The Morgan fingerprint density at radius 3 is 2.29 bits per heavy atom. The summed E-state index contributed by atoms with van der Waals surface area (Å²) in [4.78, 5) is 33.6. The van der Waals surface area contributed by atoms with E-state index in [0.717, 1.165) is 14.0 Å². The highest BCUT2D eigenvalue weighted by molar-refractivity contribution is 6.11. The number of nitro benzene ring substituents is 1. The van der Waals surface area contributed by atoms with Crippen molar-refractivity contribution >= 4 is 17.4 Å². The summed E-state index contributed by atoms with van der Waals surface area (Å²) in [5.74, 6) is -9.85. The maximum Gasteiger partial charge on any atom is 0.321 e. The zero-order valence-corrected chi connectivity index (χ0v) is 12.8. The van der Waals surface area contributed by atoms with Crippen LogP contribution in [0.4, 0.5) is 18.9 Å². The predicted molar refractivity (Wildman–Crippen MR) is 73.2 cm³/mol. The number of halogens is 3. The second-order valence-corrected chi connectivity index (χ2v) is 4.51. The highest BCUT2D eigenvalue weighted by atomic mass is 19.2. The summed E-state index contributed by atoms with van der Waals surface area (Å²) >= 11 is 0. The van der Waals surface area contributed by atoms with E-state index in [2.05, 4.69) is 15.0 Å². The zero-order valence-electron chi connectivity index (χ0n) is 12.8. The van der Waals surface area contributed by atoms with Crippen molar-refractivity contribution in [2.45, 2.75) is 6.92 Å². The first-order valence-corrected chi connectivity index (χ1v) is 6.38.